The number of carbonyl (C=O) groups is 1. The minimum absolute atomic E-state index is 0.131. The fourth-order valence-electron chi connectivity index (χ4n) is 1.09. The third-order valence-corrected chi connectivity index (χ3v) is 2.33. The Balaban J connectivity index is 1.92. The Bertz CT molecular complexity index is 334. The number of hydrogen-bond acceptors (Lipinski definition) is 3. The second kappa shape index (κ2) is 3.92. The zero-order valence-corrected chi connectivity index (χ0v) is 8.29. The lowest BCUT2D eigenvalue weighted by molar-refractivity contribution is 0.0951. The monoisotopic (exact) mass is 211 g/mol. The first-order valence-corrected chi connectivity index (χ1v) is 4.89. The molecule has 1 aliphatic carbocycles. The van der Waals surface area contributed by atoms with Gasteiger partial charge >= 0.3 is 0 Å². The number of aromatic nitrogens is 2. The molecule has 0 aromatic carbocycles. The molecule has 1 aliphatic rings. The molecule has 1 saturated carbocycles. The molecule has 0 unspecified atom stereocenters. The van der Waals surface area contributed by atoms with Crippen LogP contribution in [0.2, 0.25) is 5.28 Å². The van der Waals surface area contributed by atoms with E-state index < -0.39 is 0 Å². The Hall–Kier alpha value is -1.16. The summed E-state index contributed by atoms with van der Waals surface area (Å²) < 4.78 is 0. The van der Waals surface area contributed by atoms with Crippen LogP contribution in [0.25, 0.3) is 0 Å². The first kappa shape index (κ1) is 9.40. The Morgan fingerprint density at radius 2 is 2.14 bits per heavy atom. The van der Waals surface area contributed by atoms with Crippen molar-refractivity contribution in [3.05, 3.63) is 23.2 Å². The normalized spacial score (nSPS) is 15.2. The summed E-state index contributed by atoms with van der Waals surface area (Å²) in [4.78, 5) is 18.9. The van der Waals surface area contributed by atoms with E-state index in [2.05, 4.69) is 15.3 Å². The Labute approximate surface area is 86.7 Å². The molecule has 1 aromatic rings. The van der Waals surface area contributed by atoms with Crippen LogP contribution in [-0.4, -0.2) is 22.4 Å². The highest BCUT2D eigenvalue weighted by Crippen LogP contribution is 2.27. The molecule has 74 valence electrons. The largest absolute Gasteiger partial charge is 0.352 e. The van der Waals surface area contributed by atoms with Crippen LogP contribution in [0.15, 0.2) is 12.4 Å². The van der Waals surface area contributed by atoms with Crippen LogP contribution in [0.5, 0.6) is 0 Å². The van der Waals surface area contributed by atoms with Crippen LogP contribution in [0.3, 0.4) is 0 Å². The summed E-state index contributed by atoms with van der Waals surface area (Å²) in [5.41, 5.74) is 0.454. The number of rotatable bonds is 3. The molecular weight excluding hydrogens is 202 g/mol. The molecule has 0 aliphatic heterocycles. The summed E-state index contributed by atoms with van der Waals surface area (Å²) in [6.45, 7) is 0.751. The van der Waals surface area contributed by atoms with Crippen molar-refractivity contribution >= 4 is 17.5 Å². The van der Waals surface area contributed by atoms with Crippen LogP contribution in [0.1, 0.15) is 23.2 Å². The minimum Gasteiger partial charge on any atom is -0.352 e. The van der Waals surface area contributed by atoms with Gasteiger partial charge in [-0.05, 0) is 30.4 Å². The Morgan fingerprint density at radius 1 is 1.50 bits per heavy atom. The zero-order valence-electron chi connectivity index (χ0n) is 7.53. The fourth-order valence-corrected chi connectivity index (χ4v) is 1.19. The van der Waals surface area contributed by atoms with Gasteiger partial charge in [0, 0.05) is 18.9 Å². The molecule has 14 heavy (non-hydrogen) atoms. The molecule has 4 nitrogen and oxygen atoms in total. The highest BCUT2D eigenvalue weighted by atomic mass is 35.5. The van der Waals surface area contributed by atoms with Crippen molar-refractivity contribution in [3.63, 3.8) is 0 Å². The molecule has 1 fully saturated rings. The third-order valence-electron chi connectivity index (χ3n) is 2.13. The van der Waals surface area contributed by atoms with Gasteiger partial charge in [-0.2, -0.15) is 0 Å². The number of nitrogens with one attached hydrogen (secondary N) is 1. The van der Waals surface area contributed by atoms with Crippen molar-refractivity contribution in [3.8, 4) is 0 Å². The first-order valence-electron chi connectivity index (χ1n) is 4.51. The summed E-state index contributed by atoms with van der Waals surface area (Å²) >= 11 is 5.50. The molecular formula is C9H10ClN3O. The second-order valence-electron chi connectivity index (χ2n) is 3.39. The minimum atomic E-state index is -0.131. The topological polar surface area (TPSA) is 54.9 Å². The lowest BCUT2D eigenvalue weighted by atomic mass is 10.3. The van der Waals surface area contributed by atoms with E-state index in [1.807, 2.05) is 0 Å². The average molecular weight is 212 g/mol. The fraction of sp³-hybridized carbons (Fsp3) is 0.444. The Morgan fingerprint density at radius 3 is 2.71 bits per heavy atom. The van der Waals surface area contributed by atoms with E-state index in [0.717, 1.165) is 6.54 Å². The van der Waals surface area contributed by atoms with Crippen LogP contribution >= 0.6 is 11.6 Å². The first-order chi connectivity index (χ1) is 6.75. The Kier molecular flexibility index (Phi) is 2.63. The molecule has 0 saturated heterocycles. The maximum atomic E-state index is 11.5. The van der Waals surface area contributed by atoms with Gasteiger partial charge in [0.2, 0.25) is 5.28 Å². The van der Waals surface area contributed by atoms with Crippen molar-refractivity contribution in [2.45, 2.75) is 12.8 Å². The molecule has 1 amide bonds. The number of carbonyl (C=O) groups excluding carboxylic acids is 1. The van der Waals surface area contributed by atoms with Gasteiger partial charge in [0.15, 0.2) is 0 Å². The van der Waals surface area contributed by atoms with Gasteiger partial charge < -0.3 is 5.32 Å². The predicted molar refractivity (Wildman–Crippen MR) is 52.1 cm³/mol. The van der Waals surface area contributed by atoms with Gasteiger partial charge in [0.25, 0.3) is 5.91 Å². The standard InChI is InChI=1S/C9H10ClN3O/c10-9-12-4-7(5-13-9)8(14)11-3-6-1-2-6/h4-6H,1-3H2,(H,11,14). The van der Waals surface area contributed by atoms with Crippen LogP contribution < -0.4 is 5.32 Å². The maximum Gasteiger partial charge on any atom is 0.254 e. The van der Waals surface area contributed by atoms with E-state index in [-0.39, 0.29) is 11.2 Å². The number of halogens is 1. The molecule has 0 atom stereocenters. The molecule has 1 heterocycles. The lowest BCUT2D eigenvalue weighted by Gasteiger charge is -2.02. The van der Waals surface area contributed by atoms with Crippen LogP contribution in [0.4, 0.5) is 0 Å². The maximum absolute atomic E-state index is 11.5. The van der Waals surface area contributed by atoms with E-state index in [4.69, 9.17) is 11.6 Å². The van der Waals surface area contributed by atoms with Crippen molar-refractivity contribution in [2.24, 2.45) is 5.92 Å². The summed E-state index contributed by atoms with van der Waals surface area (Å²) in [6, 6.07) is 0. The molecule has 0 bridgehead atoms. The summed E-state index contributed by atoms with van der Waals surface area (Å²) in [6.07, 6.45) is 5.30. The quantitative estimate of drug-likeness (QED) is 0.767. The van der Waals surface area contributed by atoms with Crippen LogP contribution in [-0.2, 0) is 0 Å². The van der Waals surface area contributed by atoms with E-state index in [0.29, 0.717) is 11.5 Å². The molecule has 2 rings (SSSR count). The predicted octanol–water partition coefficient (Wildman–Crippen LogP) is 1.27. The SMILES string of the molecule is O=C(NCC1CC1)c1cnc(Cl)nc1. The van der Waals surface area contributed by atoms with Gasteiger partial charge in [-0.1, -0.05) is 0 Å². The molecule has 5 heteroatoms. The summed E-state index contributed by atoms with van der Waals surface area (Å²) in [5.74, 6) is 0.542. The molecule has 0 spiro atoms. The highest BCUT2D eigenvalue weighted by Gasteiger charge is 2.21. The van der Waals surface area contributed by atoms with E-state index in [1.165, 1.54) is 25.2 Å². The van der Waals surface area contributed by atoms with E-state index >= 15 is 0 Å². The molecule has 1 aromatic heterocycles. The van der Waals surface area contributed by atoms with Gasteiger partial charge in [0.05, 0.1) is 5.56 Å². The third kappa shape index (κ3) is 2.42. The molecule has 1 N–H and O–H groups in total. The number of amides is 1. The van der Waals surface area contributed by atoms with Gasteiger partial charge in [-0.3, -0.25) is 4.79 Å². The van der Waals surface area contributed by atoms with Gasteiger partial charge in [-0.15, -0.1) is 0 Å². The zero-order chi connectivity index (χ0) is 9.97. The summed E-state index contributed by atoms with van der Waals surface area (Å²) in [7, 11) is 0. The number of nitrogens with zero attached hydrogens (tertiary/aromatic N) is 2. The second-order valence-corrected chi connectivity index (χ2v) is 3.73. The summed E-state index contributed by atoms with van der Waals surface area (Å²) in [5, 5.41) is 2.97. The van der Waals surface area contributed by atoms with Gasteiger partial charge in [-0.25, -0.2) is 9.97 Å². The molecule has 0 radical (unpaired) electrons. The van der Waals surface area contributed by atoms with Gasteiger partial charge in [0.1, 0.15) is 0 Å². The van der Waals surface area contributed by atoms with Crippen molar-refractivity contribution < 1.29 is 4.79 Å². The van der Waals surface area contributed by atoms with Crippen molar-refractivity contribution in [1.29, 1.82) is 0 Å². The van der Waals surface area contributed by atoms with Crippen molar-refractivity contribution in [1.82, 2.24) is 15.3 Å². The average Bonchev–Trinajstić information content (AvgIpc) is 2.99. The highest BCUT2D eigenvalue weighted by molar-refractivity contribution is 6.28. The van der Waals surface area contributed by atoms with E-state index in [1.54, 1.807) is 0 Å². The van der Waals surface area contributed by atoms with E-state index in [9.17, 15) is 4.79 Å². The van der Waals surface area contributed by atoms with Crippen LogP contribution in [0, 0.1) is 5.92 Å². The van der Waals surface area contributed by atoms with Crippen molar-refractivity contribution in [2.75, 3.05) is 6.54 Å². The smallest absolute Gasteiger partial charge is 0.254 e. The lowest BCUT2D eigenvalue weighted by Crippen LogP contribution is -2.25. The number of hydrogen-bond donors (Lipinski definition) is 1.